The number of urea groups is 1. The number of nitrogens with zero attached hydrogens (tertiary/aromatic N) is 2. The molecule has 0 fully saturated rings. The van der Waals surface area contributed by atoms with Crippen LogP contribution in [0.4, 0.5) is 4.79 Å². The van der Waals surface area contributed by atoms with Crippen molar-refractivity contribution in [3.05, 3.63) is 0 Å². The van der Waals surface area contributed by atoms with E-state index in [0.717, 1.165) is 103 Å². The van der Waals surface area contributed by atoms with E-state index in [1.54, 1.807) is 0 Å². The van der Waals surface area contributed by atoms with Crippen LogP contribution in [0.3, 0.4) is 0 Å². The van der Waals surface area contributed by atoms with Crippen LogP contribution in [0.25, 0.3) is 0 Å². The summed E-state index contributed by atoms with van der Waals surface area (Å²) in [5.74, 6) is -3.89. The molecule has 0 saturated carbocycles. The molecule has 0 aromatic carbocycles. The van der Waals surface area contributed by atoms with Crippen molar-refractivity contribution in [3.63, 3.8) is 0 Å². The second-order valence-electron chi connectivity index (χ2n) is 22.2. The van der Waals surface area contributed by atoms with Crippen LogP contribution in [-0.2, 0) is 57.2 Å². The van der Waals surface area contributed by atoms with Crippen LogP contribution in [-0.4, -0.2) is 132 Å². The molecule has 462 valence electrons. The Morgan fingerprint density at radius 3 is 0.835 bits per heavy atom. The van der Waals surface area contributed by atoms with E-state index in [1.165, 1.54) is 108 Å². The SMILES string of the molecule is CCCCCCCCCCC(=O)OCC(COC(=O)CCCCCCCCCC)CC(=O)OCCN(CCOC(=O)CC(COC(=O)CCCCCCCCCC)COC(=O)CCCCCCCCCC)C(=O)NCCN(C)C. The molecule has 0 rings (SSSR count). The molecule has 0 saturated heterocycles. The lowest BCUT2D eigenvalue weighted by molar-refractivity contribution is -0.155. The molecule has 0 unspecified atom stereocenters. The normalized spacial score (nSPS) is 11.3. The Labute approximate surface area is 480 Å². The first kappa shape index (κ1) is 75.0. The minimum atomic E-state index is -0.622. The third-order valence-corrected chi connectivity index (χ3v) is 14.1. The van der Waals surface area contributed by atoms with E-state index >= 15 is 0 Å². The van der Waals surface area contributed by atoms with Crippen molar-refractivity contribution in [2.24, 2.45) is 11.8 Å². The highest BCUT2D eigenvalue weighted by atomic mass is 16.6. The largest absolute Gasteiger partial charge is 0.465 e. The third-order valence-electron chi connectivity index (χ3n) is 14.1. The van der Waals surface area contributed by atoms with Gasteiger partial charge in [0.1, 0.15) is 13.2 Å². The van der Waals surface area contributed by atoms with Crippen molar-refractivity contribution in [1.29, 1.82) is 0 Å². The molecule has 0 radical (unpaired) electrons. The van der Waals surface area contributed by atoms with E-state index in [1.807, 2.05) is 19.0 Å². The van der Waals surface area contributed by atoms with Crippen LogP contribution in [0.2, 0.25) is 0 Å². The van der Waals surface area contributed by atoms with Gasteiger partial charge in [0.15, 0.2) is 0 Å². The fourth-order valence-electron chi connectivity index (χ4n) is 9.02. The van der Waals surface area contributed by atoms with Crippen molar-refractivity contribution in [3.8, 4) is 0 Å². The number of likely N-dealkylation sites (N-methyl/N-ethyl adjacent to an activating group) is 1. The predicted molar refractivity (Wildman–Crippen MR) is 314 cm³/mol. The number of ether oxygens (including phenoxy) is 6. The molecule has 0 atom stereocenters. The van der Waals surface area contributed by atoms with Crippen molar-refractivity contribution in [2.45, 2.75) is 272 Å². The quantitative estimate of drug-likeness (QED) is 0.0343. The summed E-state index contributed by atoms with van der Waals surface area (Å²) in [5.41, 5.74) is 0. The van der Waals surface area contributed by atoms with E-state index in [-0.39, 0.29) is 115 Å². The molecule has 16 heteroatoms. The zero-order chi connectivity index (χ0) is 58.2. The molecule has 0 heterocycles. The van der Waals surface area contributed by atoms with Gasteiger partial charge in [-0.1, -0.05) is 207 Å². The number of rotatable bonds is 57. The van der Waals surface area contributed by atoms with Gasteiger partial charge in [0.05, 0.1) is 52.4 Å². The molecule has 0 aliphatic carbocycles. The minimum absolute atomic E-state index is 0.0187. The number of esters is 6. The Morgan fingerprint density at radius 1 is 0.329 bits per heavy atom. The highest BCUT2D eigenvalue weighted by Crippen LogP contribution is 2.17. The Kier molecular flexibility index (Phi) is 53.1. The predicted octanol–water partition coefficient (Wildman–Crippen LogP) is 14.0. The maximum absolute atomic E-state index is 13.4. The Morgan fingerprint density at radius 2 is 0.582 bits per heavy atom. The first-order chi connectivity index (χ1) is 38.3. The first-order valence-electron chi connectivity index (χ1n) is 32.0. The van der Waals surface area contributed by atoms with Crippen LogP contribution in [0, 0.1) is 11.8 Å². The molecule has 0 aliphatic heterocycles. The molecular formula is C63H117N3O13. The number of amides is 2. The van der Waals surface area contributed by atoms with Gasteiger partial charge in [0.2, 0.25) is 0 Å². The average molecular weight is 1120 g/mol. The van der Waals surface area contributed by atoms with Gasteiger partial charge in [-0.15, -0.1) is 0 Å². The Hall–Kier alpha value is -3.95. The van der Waals surface area contributed by atoms with Gasteiger partial charge in [-0.25, -0.2) is 4.79 Å². The van der Waals surface area contributed by atoms with E-state index in [0.29, 0.717) is 13.1 Å². The summed E-state index contributed by atoms with van der Waals surface area (Å²) >= 11 is 0. The molecule has 2 amide bonds. The average Bonchev–Trinajstić information content (AvgIpc) is 3.42. The molecule has 0 aromatic rings. The monoisotopic (exact) mass is 1120 g/mol. The summed E-state index contributed by atoms with van der Waals surface area (Å²) in [5, 5.41) is 2.86. The smallest absolute Gasteiger partial charge is 0.317 e. The summed E-state index contributed by atoms with van der Waals surface area (Å²) in [6.07, 6.45) is 35.8. The van der Waals surface area contributed by atoms with Gasteiger partial charge in [-0.2, -0.15) is 0 Å². The zero-order valence-electron chi connectivity index (χ0n) is 51.3. The molecule has 79 heavy (non-hydrogen) atoms. The summed E-state index contributed by atoms with van der Waals surface area (Å²) in [6, 6.07) is -0.441. The number of hydrogen-bond donors (Lipinski definition) is 1. The maximum atomic E-state index is 13.4. The summed E-state index contributed by atoms with van der Waals surface area (Å²) < 4.78 is 33.6. The number of carbonyl (C=O) groups excluding carboxylic acids is 7. The van der Waals surface area contributed by atoms with Crippen LogP contribution in [0.15, 0.2) is 0 Å². The minimum Gasteiger partial charge on any atom is -0.465 e. The molecule has 1 N–H and O–H groups in total. The lowest BCUT2D eigenvalue weighted by Gasteiger charge is -2.24. The van der Waals surface area contributed by atoms with Gasteiger partial charge in [-0.3, -0.25) is 28.8 Å². The Bertz CT molecular complexity index is 1350. The van der Waals surface area contributed by atoms with Gasteiger partial charge >= 0.3 is 41.8 Å². The van der Waals surface area contributed by atoms with Crippen LogP contribution < -0.4 is 5.32 Å². The second-order valence-corrected chi connectivity index (χ2v) is 22.2. The van der Waals surface area contributed by atoms with E-state index in [4.69, 9.17) is 28.4 Å². The summed E-state index contributed by atoms with van der Waals surface area (Å²) in [7, 11) is 3.77. The lowest BCUT2D eigenvalue weighted by Crippen LogP contribution is -2.45. The maximum Gasteiger partial charge on any atom is 0.317 e. The summed E-state index contributed by atoms with van der Waals surface area (Å²) in [4.78, 5) is 94.2. The fraction of sp³-hybridized carbons (Fsp3) is 0.889. The van der Waals surface area contributed by atoms with Crippen LogP contribution >= 0.6 is 0 Å². The van der Waals surface area contributed by atoms with Crippen molar-refractivity contribution in [2.75, 3.05) is 79.9 Å². The van der Waals surface area contributed by atoms with Crippen molar-refractivity contribution < 1.29 is 62.0 Å². The summed E-state index contributed by atoms with van der Waals surface area (Å²) in [6.45, 7) is 8.90. The van der Waals surface area contributed by atoms with E-state index in [9.17, 15) is 33.6 Å². The molecular weight excluding hydrogens is 1010 g/mol. The van der Waals surface area contributed by atoms with Gasteiger partial charge in [0.25, 0.3) is 0 Å². The number of nitrogens with one attached hydrogen (secondary N) is 1. The van der Waals surface area contributed by atoms with Gasteiger partial charge in [-0.05, 0) is 39.8 Å². The molecule has 0 aromatic heterocycles. The molecule has 0 spiro atoms. The van der Waals surface area contributed by atoms with Crippen molar-refractivity contribution >= 4 is 41.8 Å². The number of unbranched alkanes of at least 4 members (excludes halogenated alkanes) is 28. The lowest BCUT2D eigenvalue weighted by atomic mass is 10.1. The van der Waals surface area contributed by atoms with Crippen LogP contribution in [0.1, 0.15) is 272 Å². The Balaban J connectivity index is 5.55. The topological polar surface area (TPSA) is 193 Å². The molecule has 0 aliphatic rings. The molecule has 0 bridgehead atoms. The van der Waals surface area contributed by atoms with E-state index < -0.39 is 29.8 Å². The third kappa shape index (κ3) is 51.9. The number of carbonyl (C=O) groups is 7. The zero-order valence-corrected chi connectivity index (χ0v) is 51.3. The standard InChI is InChI=1S/C63H117N3O13/c1-7-11-15-19-23-27-31-35-39-57(67)76-51-55(52-77-58(68)40-36-32-28-24-20-16-12-8-2)49-61(71)74-47-45-66(63(73)64-43-44-65(5)6)46-48-75-62(72)50-56(53-78-59(69)41-37-33-29-25-21-17-13-9-3)54-79-60(70)42-38-34-30-26-22-18-14-10-4/h55-56H,7-54H2,1-6H3,(H,64,73). The van der Waals surface area contributed by atoms with Gasteiger partial charge < -0.3 is 43.5 Å². The fourth-order valence-corrected chi connectivity index (χ4v) is 9.02. The number of hydrogen-bond acceptors (Lipinski definition) is 14. The highest BCUT2D eigenvalue weighted by Gasteiger charge is 2.23. The highest BCUT2D eigenvalue weighted by molar-refractivity contribution is 5.75. The van der Waals surface area contributed by atoms with Crippen molar-refractivity contribution in [1.82, 2.24) is 15.1 Å². The van der Waals surface area contributed by atoms with Gasteiger partial charge in [0, 0.05) is 50.6 Å². The second kappa shape index (κ2) is 55.9. The van der Waals surface area contributed by atoms with E-state index in [2.05, 4.69) is 33.0 Å². The van der Waals surface area contributed by atoms with Crippen LogP contribution in [0.5, 0.6) is 0 Å². The first-order valence-corrected chi connectivity index (χ1v) is 32.0. The molecule has 16 nitrogen and oxygen atoms in total.